The minimum absolute atomic E-state index is 0.454. The monoisotopic (exact) mass is 193 g/mol. The number of hydrogen-bond acceptors (Lipinski definition) is 3. The number of anilines is 1. The molecule has 0 saturated carbocycles. The molecule has 0 spiro atoms. The van der Waals surface area contributed by atoms with Crippen LogP contribution in [-0.2, 0) is 6.42 Å². The second-order valence-electron chi connectivity index (χ2n) is 3.23. The van der Waals surface area contributed by atoms with E-state index in [1.165, 1.54) is 4.90 Å². The Hall–Kier alpha value is -1.62. The van der Waals surface area contributed by atoms with Crippen LogP contribution in [-0.4, -0.2) is 22.3 Å². The molecule has 0 aliphatic carbocycles. The summed E-state index contributed by atoms with van der Waals surface area (Å²) in [7, 11) is 0. The van der Waals surface area contributed by atoms with E-state index in [1.54, 1.807) is 18.3 Å². The molecule has 74 valence electrons. The van der Waals surface area contributed by atoms with Crippen LogP contribution in [0.25, 0.3) is 0 Å². The first kappa shape index (κ1) is 8.96. The molecule has 0 aromatic carbocycles. The molecule has 5 nitrogen and oxygen atoms in total. The summed E-state index contributed by atoms with van der Waals surface area (Å²) in [4.78, 5) is 16.2. The van der Waals surface area contributed by atoms with Crippen LogP contribution < -0.4 is 10.6 Å². The molecule has 2 heterocycles. The summed E-state index contributed by atoms with van der Waals surface area (Å²) in [6, 6.07) is 3.45. The van der Waals surface area contributed by atoms with Crippen molar-refractivity contribution in [1.29, 1.82) is 0 Å². The first-order chi connectivity index (χ1) is 6.70. The molecule has 0 saturated heterocycles. The van der Waals surface area contributed by atoms with Crippen LogP contribution in [0.3, 0.4) is 0 Å². The third kappa shape index (κ3) is 1.31. The van der Waals surface area contributed by atoms with Gasteiger partial charge < -0.3 is 10.8 Å². The van der Waals surface area contributed by atoms with Crippen LogP contribution >= 0.6 is 0 Å². The fraction of sp³-hybridized carbons (Fsp3) is 0.333. The van der Waals surface area contributed by atoms with Gasteiger partial charge in [0, 0.05) is 6.20 Å². The van der Waals surface area contributed by atoms with Gasteiger partial charge in [-0.3, -0.25) is 9.88 Å². The summed E-state index contributed by atoms with van der Waals surface area (Å²) in [6.07, 6.45) is 1.54. The van der Waals surface area contributed by atoms with Gasteiger partial charge in [0.1, 0.15) is 0 Å². The van der Waals surface area contributed by atoms with Gasteiger partial charge in [-0.05, 0) is 25.0 Å². The molecular formula is C9H11N3O2. The highest BCUT2D eigenvalue weighted by molar-refractivity contribution is 5.87. The SMILES string of the molecule is NC1CCc2ncccc2N1C(=O)O. The lowest BCUT2D eigenvalue weighted by molar-refractivity contribution is 0.198. The molecule has 1 unspecified atom stereocenters. The van der Waals surface area contributed by atoms with Crippen LogP contribution in [0, 0.1) is 0 Å². The van der Waals surface area contributed by atoms with Crippen molar-refractivity contribution in [2.45, 2.75) is 19.0 Å². The Kier molecular flexibility index (Phi) is 2.09. The summed E-state index contributed by atoms with van der Waals surface area (Å²) in [5, 5.41) is 8.97. The topological polar surface area (TPSA) is 79.5 Å². The van der Waals surface area contributed by atoms with E-state index in [4.69, 9.17) is 10.8 Å². The number of fused-ring (bicyclic) bond motifs is 1. The second-order valence-corrected chi connectivity index (χ2v) is 3.23. The van der Waals surface area contributed by atoms with Crippen molar-refractivity contribution in [2.24, 2.45) is 5.73 Å². The molecule has 14 heavy (non-hydrogen) atoms. The molecule has 1 aromatic rings. The molecule has 0 fully saturated rings. The Morgan fingerprint density at radius 3 is 3.21 bits per heavy atom. The number of rotatable bonds is 0. The predicted octanol–water partition coefficient (Wildman–Crippen LogP) is 0.797. The number of aromatic nitrogens is 1. The number of aryl methyl sites for hydroxylation is 1. The maximum absolute atomic E-state index is 10.9. The smallest absolute Gasteiger partial charge is 0.413 e. The molecule has 1 aromatic heterocycles. The highest BCUT2D eigenvalue weighted by atomic mass is 16.4. The van der Waals surface area contributed by atoms with Gasteiger partial charge in [-0.15, -0.1) is 0 Å². The number of nitrogens with two attached hydrogens (primary N) is 1. The maximum Gasteiger partial charge on any atom is 0.413 e. The van der Waals surface area contributed by atoms with Gasteiger partial charge in [0.15, 0.2) is 0 Å². The summed E-state index contributed by atoms with van der Waals surface area (Å²) >= 11 is 0. The van der Waals surface area contributed by atoms with Crippen molar-refractivity contribution in [2.75, 3.05) is 4.90 Å². The third-order valence-electron chi connectivity index (χ3n) is 2.34. The predicted molar refractivity (Wildman–Crippen MR) is 51.0 cm³/mol. The van der Waals surface area contributed by atoms with E-state index in [0.717, 1.165) is 12.1 Å². The van der Waals surface area contributed by atoms with E-state index in [9.17, 15) is 4.79 Å². The Morgan fingerprint density at radius 1 is 1.71 bits per heavy atom. The molecule has 3 N–H and O–H groups in total. The highest BCUT2D eigenvalue weighted by Crippen LogP contribution is 2.26. The van der Waals surface area contributed by atoms with Gasteiger partial charge in [-0.25, -0.2) is 4.79 Å². The number of nitrogens with zero attached hydrogens (tertiary/aromatic N) is 2. The maximum atomic E-state index is 10.9. The average molecular weight is 193 g/mol. The van der Waals surface area contributed by atoms with Crippen LogP contribution in [0.1, 0.15) is 12.1 Å². The Labute approximate surface area is 81.2 Å². The van der Waals surface area contributed by atoms with Crippen molar-refractivity contribution in [3.8, 4) is 0 Å². The number of carboxylic acid groups (broad SMARTS) is 1. The fourth-order valence-corrected chi connectivity index (χ4v) is 1.68. The largest absolute Gasteiger partial charge is 0.465 e. The van der Waals surface area contributed by atoms with Gasteiger partial charge in [-0.1, -0.05) is 0 Å². The van der Waals surface area contributed by atoms with Gasteiger partial charge in [0.05, 0.1) is 17.5 Å². The van der Waals surface area contributed by atoms with Gasteiger partial charge in [-0.2, -0.15) is 0 Å². The van der Waals surface area contributed by atoms with Crippen molar-refractivity contribution in [3.05, 3.63) is 24.0 Å². The zero-order valence-corrected chi connectivity index (χ0v) is 7.55. The lowest BCUT2D eigenvalue weighted by Gasteiger charge is -2.31. The minimum atomic E-state index is -1.02. The van der Waals surface area contributed by atoms with E-state index in [-0.39, 0.29) is 0 Å². The number of pyridine rings is 1. The van der Waals surface area contributed by atoms with Crippen molar-refractivity contribution >= 4 is 11.8 Å². The van der Waals surface area contributed by atoms with E-state index in [2.05, 4.69) is 4.98 Å². The van der Waals surface area contributed by atoms with Crippen LogP contribution in [0.2, 0.25) is 0 Å². The van der Waals surface area contributed by atoms with Crippen molar-refractivity contribution < 1.29 is 9.90 Å². The first-order valence-electron chi connectivity index (χ1n) is 4.42. The Morgan fingerprint density at radius 2 is 2.50 bits per heavy atom. The number of amides is 1. The van der Waals surface area contributed by atoms with Crippen molar-refractivity contribution in [1.82, 2.24) is 4.98 Å². The molecule has 1 aliphatic rings. The normalized spacial score (nSPS) is 20.4. The average Bonchev–Trinajstić information content (AvgIpc) is 2.17. The summed E-state index contributed by atoms with van der Waals surface area (Å²) in [6.45, 7) is 0. The van der Waals surface area contributed by atoms with Gasteiger partial charge in [0.25, 0.3) is 0 Å². The standard InChI is InChI=1S/C9H11N3O2/c10-8-4-3-6-7(2-1-5-11-6)12(8)9(13)14/h1-2,5,8H,3-4,10H2,(H,13,14). The van der Waals surface area contributed by atoms with E-state index in [1.807, 2.05) is 0 Å². The summed E-state index contributed by atoms with van der Waals surface area (Å²) < 4.78 is 0. The lowest BCUT2D eigenvalue weighted by atomic mass is 10.1. The van der Waals surface area contributed by atoms with Gasteiger partial charge >= 0.3 is 6.09 Å². The quantitative estimate of drug-likeness (QED) is 0.638. The van der Waals surface area contributed by atoms with Crippen LogP contribution in [0.4, 0.5) is 10.5 Å². The Balaban J connectivity index is 2.46. The lowest BCUT2D eigenvalue weighted by Crippen LogP contribution is -2.48. The van der Waals surface area contributed by atoms with E-state index < -0.39 is 12.3 Å². The van der Waals surface area contributed by atoms with Crippen LogP contribution in [0.5, 0.6) is 0 Å². The molecule has 5 heteroatoms. The van der Waals surface area contributed by atoms with Crippen molar-refractivity contribution in [3.63, 3.8) is 0 Å². The second kappa shape index (κ2) is 3.26. The van der Waals surface area contributed by atoms with E-state index >= 15 is 0 Å². The highest BCUT2D eigenvalue weighted by Gasteiger charge is 2.28. The van der Waals surface area contributed by atoms with Gasteiger partial charge in [0.2, 0.25) is 0 Å². The fourth-order valence-electron chi connectivity index (χ4n) is 1.68. The van der Waals surface area contributed by atoms with Crippen LogP contribution in [0.15, 0.2) is 18.3 Å². The molecule has 0 radical (unpaired) electrons. The zero-order valence-electron chi connectivity index (χ0n) is 7.55. The molecule has 2 rings (SSSR count). The molecule has 0 bridgehead atoms. The molecule has 1 aliphatic heterocycles. The minimum Gasteiger partial charge on any atom is -0.465 e. The summed E-state index contributed by atoms with van der Waals surface area (Å²) in [5.74, 6) is 0. The third-order valence-corrected chi connectivity index (χ3v) is 2.34. The molecule has 1 atom stereocenters. The number of hydrogen-bond donors (Lipinski definition) is 2. The Bertz CT molecular complexity index is 367. The summed E-state index contributed by atoms with van der Waals surface area (Å²) in [5.41, 5.74) is 7.12. The van der Waals surface area contributed by atoms with E-state index in [0.29, 0.717) is 12.1 Å². The first-order valence-corrected chi connectivity index (χ1v) is 4.42. The zero-order chi connectivity index (χ0) is 10.1. The molecule has 1 amide bonds. The number of carbonyl (C=O) groups is 1. The molecular weight excluding hydrogens is 182 g/mol.